The monoisotopic (exact) mass is 426 g/mol. The van der Waals surface area contributed by atoms with Gasteiger partial charge in [0, 0.05) is 18.0 Å². The molecule has 7 heteroatoms. The standard InChI is InChI=1S/C22H20Cl2N4O/c1-6-13-10-15(22(3,4)12(2)29)14(11-25)20-18(13)26-21(28(20)5)27-19-16(23)8-7-9-17(19)24/h6-10H,1H2,2-5H3,(H,26,27). The van der Waals surface area contributed by atoms with Gasteiger partial charge in [-0.2, -0.15) is 5.26 Å². The van der Waals surface area contributed by atoms with E-state index >= 15 is 0 Å². The third-order valence-electron chi connectivity index (χ3n) is 5.26. The summed E-state index contributed by atoms with van der Waals surface area (Å²) < 4.78 is 1.76. The number of imidazole rings is 1. The lowest BCUT2D eigenvalue weighted by atomic mass is 9.77. The van der Waals surface area contributed by atoms with E-state index in [1.54, 1.807) is 35.9 Å². The molecule has 3 rings (SSSR count). The molecule has 1 aromatic heterocycles. The molecule has 0 amide bonds. The number of nitrogens with zero attached hydrogens (tertiary/aromatic N) is 3. The molecule has 1 heterocycles. The van der Waals surface area contributed by atoms with Gasteiger partial charge < -0.3 is 9.88 Å². The fraction of sp³-hybridized carbons (Fsp3) is 0.227. The molecule has 1 N–H and O–H groups in total. The molecule has 0 aliphatic carbocycles. The van der Waals surface area contributed by atoms with Gasteiger partial charge in [-0.15, -0.1) is 0 Å². The Bertz CT molecular complexity index is 1180. The zero-order chi connectivity index (χ0) is 21.5. The van der Waals surface area contributed by atoms with Crippen molar-refractivity contribution in [3.63, 3.8) is 0 Å². The van der Waals surface area contributed by atoms with E-state index in [0.717, 1.165) is 5.56 Å². The van der Waals surface area contributed by atoms with Gasteiger partial charge in [-0.1, -0.05) is 41.9 Å². The van der Waals surface area contributed by atoms with Crippen LogP contribution in [0.4, 0.5) is 11.6 Å². The van der Waals surface area contributed by atoms with Crippen molar-refractivity contribution in [2.45, 2.75) is 26.2 Å². The Labute approximate surface area is 179 Å². The molecule has 3 aromatic rings. The molecule has 2 aromatic carbocycles. The Morgan fingerprint density at radius 2 is 1.97 bits per heavy atom. The molecule has 0 unspecified atom stereocenters. The third-order valence-corrected chi connectivity index (χ3v) is 5.89. The van der Waals surface area contributed by atoms with E-state index in [2.05, 4.69) is 22.9 Å². The number of carbonyl (C=O) groups excluding carboxylic acids is 1. The van der Waals surface area contributed by atoms with Crippen molar-refractivity contribution in [2.75, 3.05) is 5.32 Å². The Morgan fingerprint density at radius 1 is 1.34 bits per heavy atom. The number of Topliss-reactive ketones (excluding diaryl/α,β-unsaturated/α-hetero) is 1. The number of benzene rings is 2. The molecule has 0 saturated heterocycles. The molecule has 0 aliphatic heterocycles. The number of hydrogen-bond donors (Lipinski definition) is 1. The molecule has 148 valence electrons. The highest BCUT2D eigenvalue weighted by Crippen LogP contribution is 2.37. The fourth-order valence-electron chi connectivity index (χ4n) is 3.20. The number of para-hydroxylation sites is 1. The summed E-state index contributed by atoms with van der Waals surface area (Å²) in [5.74, 6) is 0.430. The SMILES string of the molecule is C=Cc1cc(C(C)(C)C(C)=O)c(C#N)c2c1nc(Nc1c(Cl)cccc1Cl)n2C. The molecular weight excluding hydrogens is 407 g/mol. The number of aryl methyl sites for hydroxylation is 1. The van der Waals surface area contributed by atoms with E-state index in [9.17, 15) is 10.1 Å². The van der Waals surface area contributed by atoms with Crippen LogP contribution in [0, 0.1) is 11.3 Å². The normalized spacial score (nSPS) is 11.3. The smallest absolute Gasteiger partial charge is 0.208 e. The highest BCUT2D eigenvalue weighted by atomic mass is 35.5. The van der Waals surface area contributed by atoms with Gasteiger partial charge >= 0.3 is 0 Å². The molecular formula is C22H20Cl2N4O. The van der Waals surface area contributed by atoms with Crippen molar-refractivity contribution in [1.29, 1.82) is 5.26 Å². The molecule has 29 heavy (non-hydrogen) atoms. The van der Waals surface area contributed by atoms with Crippen LogP contribution in [0.15, 0.2) is 30.8 Å². The second-order valence-electron chi connectivity index (χ2n) is 7.30. The van der Waals surface area contributed by atoms with E-state index in [4.69, 9.17) is 23.2 Å². The summed E-state index contributed by atoms with van der Waals surface area (Å²) in [5.41, 5.74) is 2.68. The number of hydrogen-bond acceptors (Lipinski definition) is 4. The summed E-state index contributed by atoms with van der Waals surface area (Å²) in [5, 5.41) is 14.0. The second kappa shape index (κ2) is 7.55. The van der Waals surface area contributed by atoms with Crippen molar-refractivity contribution in [3.05, 3.63) is 57.6 Å². The van der Waals surface area contributed by atoms with Gasteiger partial charge in [0.25, 0.3) is 0 Å². The average molecular weight is 427 g/mol. The van der Waals surface area contributed by atoms with Crippen LogP contribution in [0.25, 0.3) is 17.1 Å². The van der Waals surface area contributed by atoms with Crippen LogP contribution in [0.3, 0.4) is 0 Å². The van der Waals surface area contributed by atoms with E-state index in [1.807, 2.05) is 19.9 Å². The third kappa shape index (κ3) is 3.39. The Balaban J connectivity index is 2.33. The lowest BCUT2D eigenvalue weighted by Crippen LogP contribution is -2.28. The van der Waals surface area contributed by atoms with Crippen molar-refractivity contribution < 1.29 is 4.79 Å². The zero-order valence-electron chi connectivity index (χ0n) is 16.6. The number of anilines is 2. The first-order valence-corrected chi connectivity index (χ1v) is 9.67. The number of ketones is 1. The first kappa shape index (κ1) is 20.9. The molecule has 5 nitrogen and oxygen atoms in total. The van der Waals surface area contributed by atoms with Crippen LogP contribution >= 0.6 is 23.2 Å². The average Bonchev–Trinajstić information content (AvgIpc) is 3.00. The molecule has 0 fully saturated rings. The molecule has 0 saturated carbocycles. The van der Waals surface area contributed by atoms with Gasteiger partial charge in [-0.05, 0) is 44.5 Å². The minimum atomic E-state index is -0.832. The number of fused-ring (bicyclic) bond motifs is 1. The summed E-state index contributed by atoms with van der Waals surface area (Å²) in [4.78, 5) is 16.9. The number of aromatic nitrogens is 2. The lowest BCUT2D eigenvalue weighted by molar-refractivity contribution is -0.121. The van der Waals surface area contributed by atoms with Gasteiger partial charge in [0.1, 0.15) is 11.9 Å². The largest absolute Gasteiger partial charge is 0.323 e. The van der Waals surface area contributed by atoms with Crippen molar-refractivity contribution in [3.8, 4) is 6.07 Å². The number of carbonyl (C=O) groups is 1. The van der Waals surface area contributed by atoms with Crippen molar-refractivity contribution >= 4 is 57.7 Å². The number of halogens is 2. The van der Waals surface area contributed by atoms with Crippen molar-refractivity contribution in [2.24, 2.45) is 7.05 Å². The fourth-order valence-corrected chi connectivity index (χ4v) is 3.69. The first-order valence-electron chi connectivity index (χ1n) is 8.92. The maximum absolute atomic E-state index is 12.3. The van der Waals surface area contributed by atoms with E-state index in [-0.39, 0.29) is 5.78 Å². The van der Waals surface area contributed by atoms with E-state index < -0.39 is 5.41 Å². The van der Waals surface area contributed by atoms with Gasteiger partial charge in [0.2, 0.25) is 5.95 Å². The van der Waals surface area contributed by atoms with Crippen LogP contribution in [-0.2, 0) is 17.3 Å². The Kier molecular flexibility index (Phi) is 5.44. The molecule has 0 spiro atoms. The van der Waals surface area contributed by atoms with Crippen LogP contribution in [0.2, 0.25) is 10.0 Å². The minimum absolute atomic E-state index is 0.0354. The highest BCUT2D eigenvalue weighted by Gasteiger charge is 2.32. The van der Waals surface area contributed by atoms with Crippen LogP contribution in [0.1, 0.15) is 37.5 Å². The predicted octanol–water partition coefficient (Wildman–Crippen LogP) is 6.00. The highest BCUT2D eigenvalue weighted by molar-refractivity contribution is 6.39. The van der Waals surface area contributed by atoms with Gasteiger partial charge in [-0.3, -0.25) is 4.79 Å². The number of rotatable bonds is 5. The summed E-state index contributed by atoms with van der Waals surface area (Å²) >= 11 is 12.6. The van der Waals surface area contributed by atoms with Gasteiger partial charge in [0.15, 0.2) is 0 Å². The second-order valence-corrected chi connectivity index (χ2v) is 8.11. The topological polar surface area (TPSA) is 70.7 Å². The molecule has 0 radical (unpaired) electrons. The van der Waals surface area contributed by atoms with E-state index in [1.165, 1.54) is 6.92 Å². The Morgan fingerprint density at radius 3 is 2.48 bits per heavy atom. The van der Waals surface area contributed by atoms with Gasteiger partial charge in [-0.25, -0.2) is 4.98 Å². The molecule has 0 aliphatic rings. The first-order chi connectivity index (χ1) is 13.6. The number of nitriles is 1. The van der Waals surface area contributed by atoms with Crippen LogP contribution in [-0.4, -0.2) is 15.3 Å². The van der Waals surface area contributed by atoms with Gasteiger partial charge in [0.05, 0.1) is 32.3 Å². The quantitative estimate of drug-likeness (QED) is 0.542. The summed E-state index contributed by atoms with van der Waals surface area (Å²) in [6, 6.07) is 9.28. The Hall–Kier alpha value is -2.81. The van der Waals surface area contributed by atoms with Crippen LogP contribution in [0.5, 0.6) is 0 Å². The summed E-state index contributed by atoms with van der Waals surface area (Å²) in [6.07, 6.45) is 1.67. The zero-order valence-corrected chi connectivity index (χ0v) is 18.1. The maximum atomic E-state index is 12.3. The predicted molar refractivity (Wildman–Crippen MR) is 119 cm³/mol. The molecule has 0 bridgehead atoms. The van der Waals surface area contributed by atoms with Crippen molar-refractivity contribution in [1.82, 2.24) is 9.55 Å². The van der Waals surface area contributed by atoms with E-state index in [0.29, 0.717) is 43.8 Å². The summed E-state index contributed by atoms with van der Waals surface area (Å²) in [7, 11) is 1.79. The summed E-state index contributed by atoms with van der Waals surface area (Å²) in [6.45, 7) is 9.02. The minimum Gasteiger partial charge on any atom is -0.323 e. The molecule has 0 atom stereocenters. The lowest BCUT2D eigenvalue weighted by Gasteiger charge is -2.24. The number of nitrogens with one attached hydrogen (secondary N) is 1. The maximum Gasteiger partial charge on any atom is 0.208 e. The van der Waals surface area contributed by atoms with Crippen LogP contribution < -0.4 is 5.32 Å².